The van der Waals surface area contributed by atoms with Gasteiger partial charge in [0.05, 0.1) is 22.9 Å². The van der Waals surface area contributed by atoms with E-state index in [0.29, 0.717) is 17.0 Å². The number of benzene rings is 2. The van der Waals surface area contributed by atoms with Gasteiger partial charge in [-0.15, -0.1) is 0 Å². The van der Waals surface area contributed by atoms with Gasteiger partial charge in [0.25, 0.3) is 5.91 Å². The summed E-state index contributed by atoms with van der Waals surface area (Å²) in [4.78, 5) is 24.2. The highest BCUT2D eigenvalue weighted by Gasteiger charge is 2.19. The Morgan fingerprint density at radius 2 is 1.81 bits per heavy atom. The largest absolute Gasteiger partial charge is 0.481 e. The Hall–Kier alpha value is -2.53. The molecule has 0 aromatic heterocycles. The Morgan fingerprint density at radius 3 is 2.44 bits per heavy atom. The molecule has 0 heterocycles. The first-order valence-corrected chi connectivity index (χ1v) is 9.24. The SMILES string of the molecule is CCOC(=O)c1ccc(NC(=O)[C@H](C)Oc2ccccc2C(C)C)c(Cl)c1. The molecule has 2 aromatic rings. The summed E-state index contributed by atoms with van der Waals surface area (Å²) in [5.41, 5.74) is 1.77. The summed E-state index contributed by atoms with van der Waals surface area (Å²) in [5.74, 6) is 0.166. The number of ether oxygens (including phenoxy) is 2. The van der Waals surface area contributed by atoms with Crippen LogP contribution in [-0.2, 0) is 9.53 Å². The Bertz CT molecular complexity index is 820. The third-order valence-electron chi connectivity index (χ3n) is 3.95. The van der Waals surface area contributed by atoms with E-state index in [4.69, 9.17) is 21.1 Å². The van der Waals surface area contributed by atoms with Crippen LogP contribution in [0, 0.1) is 0 Å². The van der Waals surface area contributed by atoms with Gasteiger partial charge in [0, 0.05) is 0 Å². The molecule has 0 fully saturated rings. The number of anilines is 1. The normalized spacial score (nSPS) is 11.8. The molecule has 2 rings (SSSR count). The average Bonchev–Trinajstić information content (AvgIpc) is 2.63. The first kappa shape index (κ1) is 20.8. The molecule has 27 heavy (non-hydrogen) atoms. The van der Waals surface area contributed by atoms with Crippen LogP contribution in [0.3, 0.4) is 0 Å². The van der Waals surface area contributed by atoms with Crippen LogP contribution in [0.1, 0.15) is 49.5 Å². The summed E-state index contributed by atoms with van der Waals surface area (Å²) < 4.78 is 10.8. The van der Waals surface area contributed by atoms with Gasteiger partial charge in [-0.2, -0.15) is 0 Å². The molecule has 0 spiro atoms. The number of amides is 1. The summed E-state index contributed by atoms with van der Waals surface area (Å²) in [6.07, 6.45) is -0.717. The highest BCUT2D eigenvalue weighted by Crippen LogP contribution is 2.27. The van der Waals surface area contributed by atoms with E-state index < -0.39 is 12.1 Å². The van der Waals surface area contributed by atoms with Gasteiger partial charge in [-0.25, -0.2) is 4.79 Å². The number of esters is 1. The Morgan fingerprint density at radius 1 is 1.11 bits per heavy atom. The van der Waals surface area contributed by atoms with Crippen LogP contribution < -0.4 is 10.1 Å². The minimum atomic E-state index is -0.717. The fourth-order valence-electron chi connectivity index (χ4n) is 2.50. The minimum absolute atomic E-state index is 0.253. The van der Waals surface area contributed by atoms with Crippen LogP contribution in [0.5, 0.6) is 5.75 Å². The lowest BCUT2D eigenvalue weighted by Gasteiger charge is -2.19. The molecule has 0 bridgehead atoms. The van der Waals surface area contributed by atoms with E-state index in [1.165, 1.54) is 6.07 Å². The van der Waals surface area contributed by atoms with Gasteiger partial charge < -0.3 is 14.8 Å². The van der Waals surface area contributed by atoms with Crippen LogP contribution in [0.4, 0.5) is 5.69 Å². The molecule has 1 N–H and O–H groups in total. The van der Waals surface area contributed by atoms with Crippen LogP contribution in [-0.4, -0.2) is 24.6 Å². The molecule has 0 aliphatic heterocycles. The standard InChI is InChI=1S/C21H24ClNO4/c1-5-26-21(25)15-10-11-18(17(22)12-15)23-20(24)14(4)27-19-9-7-6-8-16(19)13(2)3/h6-14H,5H2,1-4H3,(H,23,24)/t14-/m0/s1. The molecule has 144 valence electrons. The van der Waals surface area contributed by atoms with E-state index in [0.717, 1.165) is 5.56 Å². The molecule has 5 nitrogen and oxygen atoms in total. The van der Waals surface area contributed by atoms with Crippen molar-refractivity contribution in [2.24, 2.45) is 0 Å². The number of rotatable bonds is 7. The number of halogens is 1. The topological polar surface area (TPSA) is 64.6 Å². The van der Waals surface area contributed by atoms with E-state index in [2.05, 4.69) is 19.2 Å². The molecule has 0 aliphatic rings. The molecule has 0 radical (unpaired) electrons. The smallest absolute Gasteiger partial charge is 0.338 e. The number of hydrogen-bond donors (Lipinski definition) is 1. The van der Waals surface area contributed by atoms with Crippen molar-refractivity contribution in [1.82, 2.24) is 0 Å². The first-order valence-electron chi connectivity index (χ1n) is 8.86. The Balaban J connectivity index is 2.07. The highest BCUT2D eigenvalue weighted by atomic mass is 35.5. The lowest BCUT2D eigenvalue weighted by molar-refractivity contribution is -0.122. The third kappa shape index (κ3) is 5.47. The van der Waals surface area contributed by atoms with E-state index in [-0.39, 0.29) is 23.5 Å². The molecule has 0 aliphatic carbocycles. The van der Waals surface area contributed by atoms with Gasteiger partial charge in [-0.1, -0.05) is 43.6 Å². The van der Waals surface area contributed by atoms with Gasteiger partial charge in [0.1, 0.15) is 5.75 Å². The zero-order valence-corrected chi connectivity index (χ0v) is 16.7. The van der Waals surface area contributed by atoms with Crippen LogP contribution in [0.2, 0.25) is 5.02 Å². The zero-order chi connectivity index (χ0) is 20.0. The van der Waals surface area contributed by atoms with Gasteiger partial charge in [-0.05, 0) is 49.6 Å². The van der Waals surface area contributed by atoms with E-state index in [1.807, 2.05) is 24.3 Å². The maximum atomic E-state index is 12.5. The fourth-order valence-corrected chi connectivity index (χ4v) is 2.73. The average molecular weight is 390 g/mol. The molecule has 0 saturated heterocycles. The van der Waals surface area contributed by atoms with Crippen molar-refractivity contribution < 1.29 is 19.1 Å². The second-order valence-electron chi connectivity index (χ2n) is 6.36. The van der Waals surface area contributed by atoms with Gasteiger partial charge >= 0.3 is 5.97 Å². The number of hydrogen-bond acceptors (Lipinski definition) is 4. The molecule has 0 saturated carbocycles. The minimum Gasteiger partial charge on any atom is -0.481 e. The monoisotopic (exact) mass is 389 g/mol. The zero-order valence-electron chi connectivity index (χ0n) is 15.9. The van der Waals surface area contributed by atoms with Crippen LogP contribution >= 0.6 is 11.6 Å². The molecule has 0 unspecified atom stereocenters. The van der Waals surface area contributed by atoms with Crippen molar-refractivity contribution in [3.63, 3.8) is 0 Å². The molecule has 1 amide bonds. The van der Waals surface area contributed by atoms with Crippen LogP contribution in [0.15, 0.2) is 42.5 Å². The van der Waals surface area contributed by atoms with Crippen molar-refractivity contribution in [3.8, 4) is 5.75 Å². The van der Waals surface area contributed by atoms with Crippen molar-refractivity contribution in [1.29, 1.82) is 0 Å². The number of para-hydroxylation sites is 1. The van der Waals surface area contributed by atoms with E-state index in [1.54, 1.807) is 26.0 Å². The number of carbonyl (C=O) groups excluding carboxylic acids is 2. The molecule has 1 atom stereocenters. The van der Waals surface area contributed by atoms with Gasteiger partial charge in [-0.3, -0.25) is 4.79 Å². The highest BCUT2D eigenvalue weighted by molar-refractivity contribution is 6.34. The molecular formula is C21H24ClNO4. The number of carbonyl (C=O) groups is 2. The summed E-state index contributed by atoms with van der Waals surface area (Å²) >= 11 is 6.19. The number of nitrogens with one attached hydrogen (secondary N) is 1. The lowest BCUT2D eigenvalue weighted by atomic mass is 10.0. The fraction of sp³-hybridized carbons (Fsp3) is 0.333. The van der Waals surface area contributed by atoms with Crippen molar-refractivity contribution in [2.75, 3.05) is 11.9 Å². The second-order valence-corrected chi connectivity index (χ2v) is 6.76. The predicted molar refractivity (Wildman–Crippen MR) is 107 cm³/mol. The molecular weight excluding hydrogens is 366 g/mol. The molecule has 2 aromatic carbocycles. The maximum absolute atomic E-state index is 12.5. The Labute approximate surface area is 164 Å². The summed E-state index contributed by atoms with van der Waals surface area (Å²) in [5, 5.41) is 2.98. The Kier molecular flexibility index (Phi) is 7.25. The van der Waals surface area contributed by atoms with Crippen molar-refractivity contribution in [3.05, 3.63) is 58.6 Å². The first-order chi connectivity index (χ1) is 12.8. The molecule has 6 heteroatoms. The van der Waals surface area contributed by atoms with Crippen molar-refractivity contribution in [2.45, 2.75) is 39.7 Å². The van der Waals surface area contributed by atoms with E-state index in [9.17, 15) is 9.59 Å². The van der Waals surface area contributed by atoms with Crippen molar-refractivity contribution >= 4 is 29.2 Å². The predicted octanol–water partition coefficient (Wildman–Crippen LogP) is 5.05. The summed E-state index contributed by atoms with van der Waals surface area (Å²) in [6, 6.07) is 12.2. The van der Waals surface area contributed by atoms with Crippen LogP contribution in [0.25, 0.3) is 0 Å². The van der Waals surface area contributed by atoms with Gasteiger partial charge in [0.2, 0.25) is 0 Å². The maximum Gasteiger partial charge on any atom is 0.338 e. The quantitative estimate of drug-likeness (QED) is 0.673. The summed E-state index contributed by atoms with van der Waals surface area (Å²) in [7, 11) is 0. The van der Waals surface area contributed by atoms with E-state index >= 15 is 0 Å². The second kappa shape index (κ2) is 9.42. The lowest BCUT2D eigenvalue weighted by Crippen LogP contribution is -2.30. The van der Waals surface area contributed by atoms with Gasteiger partial charge in [0.15, 0.2) is 6.10 Å². The summed E-state index contributed by atoms with van der Waals surface area (Å²) in [6.45, 7) is 7.82. The third-order valence-corrected chi connectivity index (χ3v) is 4.26.